The van der Waals surface area contributed by atoms with E-state index in [1.54, 1.807) is 6.08 Å². The Kier molecular flexibility index (Phi) is 14.8. The van der Waals surface area contributed by atoms with Crippen LogP contribution in [0.15, 0.2) is 15.0 Å². The Balaban J connectivity index is 3.86. The fourth-order valence-electron chi connectivity index (χ4n) is 2.24. The maximum atomic E-state index is 10.1. The molecule has 0 saturated carbocycles. The first-order valence-corrected chi connectivity index (χ1v) is 7.46. The van der Waals surface area contributed by atoms with Crippen molar-refractivity contribution in [3.63, 3.8) is 0 Å². The molecular formula is C15H23N3O3. The van der Waals surface area contributed by atoms with Crippen LogP contribution in [0.1, 0.15) is 51.4 Å². The van der Waals surface area contributed by atoms with E-state index in [9.17, 15) is 14.4 Å². The van der Waals surface area contributed by atoms with E-state index in [0.717, 1.165) is 51.4 Å². The van der Waals surface area contributed by atoms with Gasteiger partial charge in [0.25, 0.3) is 0 Å². The molecule has 1 atom stereocenters. The van der Waals surface area contributed by atoms with Gasteiger partial charge < -0.3 is 0 Å². The highest BCUT2D eigenvalue weighted by molar-refractivity contribution is 5.33. The van der Waals surface area contributed by atoms with Crippen molar-refractivity contribution in [1.82, 2.24) is 0 Å². The lowest BCUT2D eigenvalue weighted by molar-refractivity contribution is 0.391. The average Bonchev–Trinajstić information content (AvgIpc) is 2.50. The largest absolute Gasteiger partial charge is 0.234 e. The summed E-state index contributed by atoms with van der Waals surface area (Å²) in [6.07, 6.45) is 12.6. The highest BCUT2D eigenvalue weighted by atomic mass is 16.1. The summed E-state index contributed by atoms with van der Waals surface area (Å²) in [5, 5.41) is 0. The standard InChI is InChI=1S/C15H23N3O3/c19-12-16-9-4-1-2-6-15(8-11-18-14-21)7-3-5-10-17-13-20/h15H,1-11H2. The predicted octanol–water partition coefficient (Wildman–Crippen LogP) is 2.73. The highest BCUT2D eigenvalue weighted by Gasteiger charge is 2.08. The van der Waals surface area contributed by atoms with Gasteiger partial charge in [0.1, 0.15) is 0 Å². The zero-order valence-corrected chi connectivity index (χ0v) is 12.4. The van der Waals surface area contributed by atoms with Gasteiger partial charge in [-0.25, -0.2) is 29.4 Å². The van der Waals surface area contributed by atoms with Gasteiger partial charge in [0.15, 0.2) is 0 Å². The van der Waals surface area contributed by atoms with E-state index in [2.05, 4.69) is 15.0 Å². The third-order valence-electron chi connectivity index (χ3n) is 3.36. The van der Waals surface area contributed by atoms with Gasteiger partial charge in [-0.3, -0.25) is 0 Å². The van der Waals surface area contributed by atoms with Gasteiger partial charge >= 0.3 is 0 Å². The monoisotopic (exact) mass is 293 g/mol. The van der Waals surface area contributed by atoms with Gasteiger partial charge in [0.05, 0.1) is 19.6 Å². The molecule has 21 heavy (non-hydrogen) atoms. The molecule has 0 aliphatic rings. The smallest absolute Gasteiger partial charge is 0.211 e. The Morgan fingerprint density at radius 1 is 0.571 bits per heavy atom. The van der Waals surface area contributed by atoms with Crippen LogP contribution in [-0.2, 0) is 14.4 Å². The Labute approximate surface area is 125 Å². The molecule has 0 fully saturated rings. The lowest BCUT2D eigenvalue weighted by Crippen LogP contribution is -2.03. The number of hydrogen-bond donors (Lipinski definition) is 0. The van der Waals surface area contributed by atoms with Crippen molar-refractivity contribution < 1.29 is 14.4 Å². The molecule has 0 amide bonds. The van der Waals surface area contributed by atoms with E-state index >= 15 is 0 Å². The molecule has 116 valence electrons. The van der Waals surface area contributed by atoms with Gasteiger partial charge in [0.2, 0.25) is 18.2 Å². The van der Waals surface area contributed by atoms with Crippen LogP contribution in [0, 0.1) is 5.92 Å². The second-order valence-electron chi connectivity index (χ2n) is 4.92. The van der Waals surface area contributed by atoms with E-state index in [4.69, 9.17) is 0 Å². The number of unbranched alkanes of at least 4 members (excludes halogenated alkanes) is 3. The zero-order valence-electron chi connectivity index (χ0n) is 12.4. The number of carbonyl (C=O) groups excluding carboxylic acids is 3. The molecule has 0 rings (SSSR count). The fourth-order valence-corrected chi connectivity index (χ4v) is 2.24. The Morgan fingerprint density at radius 3 is 1.62 bits per heavy atom. The van der Waals surface area contributed by atoms with Crippen LogP contribution in [0.5, 0.6) is 0 Å². The van der Waals surface area contributed by atoms with E-state index in [-0.39, 0.29) is 0 Å². The van der Waals surface area contributed by atoms with Crippen LogP contribution < -0.4 is 0 Å². The highest BCUT2D eigenvalue weighted by Crippen LogP contribution is 2.20. The number of isocyanates is 3. The summed E-state index contributed by atoms with van der Waals surface area (Å²) in [7, 11) is 0. The van der Waals surface area contributed by atoms with Crippen molar-refractivity contribution >= 4 is 18.2 Å². The van der Waals surface area contributed by atoms with Crippen LogP contribution >= 0.6 is 0 Å². The Bertz CT molecular complexity index is 393. The van der Waals surface area contributed by atoms with Crippen molar-refractivity contribution in [3.05, 3.63) is 0 Å². The zero-order chi connectivity index (χ0) is 15.6. The molecule has 0 spiro atoms. The third kappa shape index (κ3) is 14.4. The second kappa shape index (κ2) is 16.2. The second-order valence-corrected chi connectivity index (χ2v) is 4.92. The van der Waals surface area contributed by atoms with Gasteiger partial charge in [0, 0.05) is 0 Å². The maximum absolute atomic E-state index is 10.1. The minimum absolute atomic E-state index is 0.524. The van der Waals surface area contributed by atoms with Crippen molar-refractivity contribution in [1.29, 1.82) is 0 Å². The van der Waals surface area contributed by atoms with Crippen LogP contribution in [0.2, 0.25) is 0 Å². The predicted molar refractivity (Wildman–Crippen MR) is 79.4 cm³/mol. The van der Waals surface area contributed by atoms with Crippen LogP contribution in [-0.4, -0.2) is 37.9 Å². The minimum atomic E-state index is 0.524. The summed E-state index contributed by atoms with van der Waals surface area (Å²) < 4.78 is 0. The number of hydrogen-bond acceptors (Lipinski definition) is 6. The number of nitrogens with zero attached hydrogens (tertiary/aromatic N) is 3. The quantitative estimate of drug-likeness (QED) is 0.280. The molecule has 0 bridgehead atoms. The van der Waals surface area contributed by atoms with Gasteiger partial charge in [-0.15, -0.1) is 0 Å². The number of aliphatic imine (C=N–C) groups is 3. The molecule has 0 aliphatic heterocycles. The topological polar surface area (TPSA) is 88.3 Å². The molecule has 0 N–H and O–H groups in total. The van der Waals surface area contributed by atoms with Crippen LogP contribution in [0.25, 0.3) is 0 Å². The molecular weight excluding hydrogens is 270 g/mol. The molecule has 0 radical (unpaired) electrons. The first-order chi connectivity index (χ1) is 10.3. The molecule has 0 heterocycles. The molecule has 0 aliphatic carbocycles. The first-order valence-electron chi connectivity index (χ1n) is 7.46. The number of rotatable bonds is 14. The minimum Gasteiger partial charge on any atom is -0.211 e. The van der Waals surface area contributed by atoms with E-state index in [1.807, 2.05) is 0 Å². The van der Waals surface area contributed by atoms with Crippen molar-refractivity contribution in [3.8, 4) is 0 Å². The Hall–Kier alpha value is -1.86. The maximum Gasteiger partial charge on any atom is 0.234 e. The lowest BCUT2D eigenvalue weighted by atomic mass is 9.92. The molecule has 0 aromatic heterocycles. The molecule has 0 aromatic carbocycles. The molecule has 6 nitrogen and oxygen atoms in total. The Morgan fingerprint density at radius 2 is 1.05 bits per heavy atom. The van der Waals surface area contributed by atoms with Crippen LogP contribution in [0.4, 0.5) is 0 Å². The van der Waals surface area contributed by atoms with E-state index < -0.39 is 0 Å². The van der Waals surface area contributed by atoms with Gasteiger partial charge in [-0.2, -0.15) is 0 Å². The molecule has 1 unspecified atom stereocenters. The summed E-state index contributed by atoms with van der Waals surface area (Å²) in [6.45, 7) is 1.61. The van der Waals surface area contributed by atoms with E-state index in [0.29, 0.717) is 25.6 Å². The average molecular weight is 293 g/mol. The summed E-state index contributed by atoms with van der Waals surface area (Å²) in [4.78, 5) is 40.6. The lowest BCUT2D eigenvalue weighted by Gasteiger charge is -2.15. The SMILES string of the molecule is O=C=NCCCCCC(CCCCN=C=O)CCN=C=O. The molecule has 0 saturated heterocycles. The summed E-state index contributed by atoms with van der Waals surface area (Å²) >= 11 is 0. The normalized spacial score (nSPS) is 10.9. The van der Waals surface area contributed by atoms with Gasteiger partial charge in [-0.05, 0) is 25.2 Å². The van der Waals surface area contributed by atoms with Crippen molar-refractivity contribution in [2.75, 3.05) is 19.6 Å². The summed E-state index contributed by atoms with van der Waals surface area (Å²) in [5.41, 5.74) is 0. The summed E-state index contributed by atoms with van der Waals surface area (Å²) in [6, 6.07) is 0. The van der Waals surface area contributed by atoms with Crippen molar-refractivity contribution in [2.45, 2.75) is 51.4 Å². The molecule has 0 aromatic rings. The molecule has 6 heteroatoms. The summed E-state index contributed by atoms with van der Waals surface area (Å²) in [5.74, 6) is 0.525. The third-order valence-corrected chi connectivity index (χ3v) is 3.36. The van der Waals surface area contributed by atoms with E-state index in [1.165, 1.54) is 12.2 Å². The van der Waals surface area contributed by atoms with Gasteiger partial charge in [-0.1, -0.05) is 32.1 Å². The van der Waals surface area contributed by atoms with Crippen molar-refractivity contribution in [2.24, 2.45) is 20.9 Å². The fraction of sp³-hybridized carbons (Fsp3) is 0.800. The first kappa shape index (κ1) is 19.1. The van der Waals surface area contributed by atoms with Crippen LogP contribution in [0.3, 0.4) is 0 Å².